The number of benzene rings is 2. The zero-order valence-electron chi connectivity index (χ0n) is 10.8. The van der Waals surface area contributed by atoms with Gasteiger partial charge in [-0.3, -0.25) is 4.79 Å². The van der Waals surface area contributed by atoms with Crippen LogP contribution in [-0.4, -0.2) is 13.0 Å². The van der Waals surface area contributed by atoms with Crippen molar-refractivity contribution < 1.29 is 13.6 Å². The number of halogens is 4. The van der Waals surface area contributed by atoms with E-state index < -0.39 is 23.2 Å². The topological polar surface area (TPSA) is 41.1 Å². The highest BCUT2D eigenvalue weighted by Crippen LogP contribution is 2.26. The SMILES string of the molecule is CNc1ccc(Cl)cc1C(=O)Nc1c(F)cc(Br)cc1F. The second kappa shape index (κ2) is 6.41. The number of nitrogens with one attached hydrogen (secondary N) is 2. The number of rotatable bonds is 3. The Morgan fingerprint density at radius 2 is 1.81 bits per heavy atom. The standard InChI is InChI=1S/C14H10BrClF2N2O/c1-19-12-3-2-8(16)6-9(12)14(21)20-13-10(17)4-7(15)5-11(13)18/h2-6,19H,1H3,(H,20,21). The zero-order valence-corrected chi connectivity index (χ0v) is 13.1. The van der Waals surface area contributed by atoms with Crippen LogP contribution in [0.3, 0.4) is 0 Å². The molecular formula is C14H10BrClF2N2O. The molecule has 2 rings (SSSR count). The number of amides is 1. The van der Waals surface area contributed by atoms with Gasteiger partial charge in [-0.25, -0.2) is 8.78 Å². The Kier molecular flexibility index (Phi) is 4.80. The van der Waals surface area contributed by atoms with Gasteiger partial charge in [0.05, 0.1) is 5.56 Å². The van der Waals surface area contributed by atoms with Gasteiger partial charge >= 0.3 is 0 Å². The van der Waals surface area contributed by atoms with Crippen LogP contribution in [0.2, 0.25) is 5.02 Å². The van der Waals surface area contributed by atoms with Gasteiger partial charge in [0.15, 0.2) is 11.6 Å². The smallest absolute Gasteiger partial charge is 0.257 e. The molecule has 0 aliphatic rings. The third-order valence-corrected chi connectivity index (χ3v) is 3.43. The molecule has 2 aromatic carbocycles. The molecule has 0 bridgehead atoms. The first-order valence-electron chi connectivity index (χ1n) is 5.85. The van der Waals surface area contributed by atoms with Crippen LogP contribution in [0, 0.1) is 11.6 Å². The van der Waals surface area contributed by atoms with E-state index >= 15 is 0 Å². The van der Waals surface area contributed by atoms with E-state index in [9.17, 15) is 13.6 Å². The fourth-order valence-corrected chi connectivity index (χ4v) is 2.34. The van der Waals surface area contributed by atoms with Crippen LogP contribution >= 0.6 is 27.5 Å². The molecule has 0 aliphatic carbocycles. The van der Waals surface area contributed by atoms with E-state index in [1.807, 2.05) is 0 Å². The van der Waals surface area contributed by atoms with Crippen LogP contribution in [0.1, 0.15) is 10.4 Å². The van der Waals surface area contributed by atoms with E-state index in [1.165, 1.54) is 6.07 Å². The molecule has 2 N–H and O–H groups in total. The Labute approximate surface area is 133 Å². The molecule has 0 unspecified atom stereocenters. The Balaban J connectivity index is 2.37. The van der Waals surface area contributed by atoms with Crippen LogP contribution in [0.15, 0.2) is 34.8 Å². The molecule has 7 heteroatoms. The van der Waals surface area contributed by atoms with Crippen LogP contribution in [-0.2, 0) is 0 Å². The number of carbonyl (C=O) groups is 1. The molecular weight excluding hydrogens is 366 g/mol. The van der Waals surface area contributed by atoms with Crippen molar-refractivity contribution in [3.63, 3.8) is 0 Å². The molecule has 0 spiro atoms. The van der Waals surface area contributed by atoms with Gasteiger partial charge < -0.3 is 10.6 Å². The average Bonchev–Trinajstić information content (AvgIpc) is 2.42. The third-order valence-electron chi connectivity index (χ3n) is 2.74. The molecule has 0 saturated heterocycles. The summed E-state index contributed by atoms with van der Waals surface area (Å²) in [6.07, 6.45) is 0. The van der Waals surface area contributed by atoms with Crippen molar-refractivity contribution in [2.24, 2.45) is 0 Å². The average molecular weight is 376 g/mol. The van der Waals surface area contributed by atoms with Crippen LogP contribution < -0.4 is 10.6 Å². The maximum absolute atomic E-state index is 13.7. The maximum atomic E-state index is 13.7. The fraction of sp³-hybridized carbons (Fsp3) is 0.0714. The van der Waals surface area contributed by atoms with Crippen LogP contribution in [0.4, 0.5) is 20.2 Å². The molecule has 0 aromatic heterocycles. The molecule has 2 aromatic rings. The lowest BCUT2D eigenvalue weighted by molar-refractivity contribution is 0.102. The Hall–Kier alpha value is -1.66. The lowest BCUT2D eigenvalue weighted by Crippen LogP contribution is -2.16. The Bertz CT molecular complexity index is 686. The molecule has 0 saturated carbocycles. The van der Waals surface area contributed by atoms with Gasteiger partial charge in [-0.15, -0.1) is 0 Å². The molecule has 1 amide bonds. The van der Waals surface area contributed by atoms with Crippen molar-refractivity contribution >= 4 is 44.8 Å². The molecule has 0 aliphatic heterocycles. The summed E-state index contributed by atoms with van der Waals surface area (Å²) >= 11 is 8.81. The summed E-state index contributed by atoms with van der Waals surface area (Å²) in [6, 6.07) is 6.75. The highest BCUT2D eigenvalue weighted by atomic mass is 79.9. The van der Waals surface area contributed by atoms with Gasteiger partial charge in [0.25, 0.3) is 5.91 Å². The second-order valence-electron chi connectivity index (χ2n) is 4.14. The summed E-state index contributed by atoms with van der Waals surface area (Å²) in [5.41, 5.74) is 0.173. The van der Waals surface area contributed by atoms with E-state index in [4.69, 9.17) is 11.6 Å². The Morgan fingerprint density at radius 1 is 1.19 bits per heavy atom. The molecule has 0 radical (unpaired) electrons. The zero-order chi connectivity index (χ0) is 15.6. The van der Waals surface area contributed by atoms with E-state index in [2.05, 4.69) is 26.6 Å². The number of hydrogen-bond acceptors (Lipinski definition) is 2. The summed E-state index contributed by atoms with van der Waals surface area (Å²) in [6.45, 7) is 0. The van der Waals surface area contributed by atoms with E-state index in [0.717, 1.165) is 12.1 Å². The first-order valence-corrected chi connectivity index (χ1v) is 7.02. The molecule has 21 heavy (non-hydrogen) atoms. The van der Waals surface area contributed by atoms with Crippen LogP contribution in [0.5, 0.6) is 0 Å². The monoisotopic (exact) mass is 374 g/mol. The molecule has 0 heterocycles. The van der Waals surface area contributed by atoms with Gasteiger partial charge in [-0.2, -0.15) is 0 Å². The van der Waals surface area contributed by atoms with Crippen molar-refractivity contribution in [3.05, 3.63) is 57.0 Å². The predicted molar refractivity (Wildman–Crippen MR) is 83.0 cm³/mol. The van der Waals surface area contributed by atoms with E-state index in [0.29, 0.717) is 10.7 Å². The van der Waals surface area contributed by atoms with Gasteiger partial charge in [0.2, 0.25) is 0 Å². The lowest BCUT2D eigenvalue weighted by atomic mass is 10.1. The molecule has 3 nitrogen and oxygen atoms in total. The summed E-state index contributed by atoms with van der Waals surface area (Å²) < 4.78 is 27.7. The minimum Gasteiger partial charge on any atom is -0.387 e. The first kappa shape index (κ1) is 15.7. The van der Waals surface area contributed by atoms with Gasteiger partial charge in [-0.05, 0) is 30.3 Å². The largest absolute Gasteiger partial charge is 0.387 e. The fourth-order valence-electron chi connectivity index (χ4n) is 1.76. The minimum absolute atomic E-state index is 0.187. The minimum atomic E-state index is -0.872. The maximum Gasteiger partial charge on any atom is 0.257 e. The van der Waals surface area contributed by atoms with Crippen LogP contribution in [0.25, 0.3) is 0 Å². The second-order valence-corrected chi connectivity index (χ2v) is 5.49. The van der Waals surface area contributed by atoms with Crippen molar-refractivity contribution in [2.45, 2.75) is 0 Å². The van der Waals surface area contributed by atoms with E-state index in [1.54, 1.807) is 19.2 Å². The molecule has 0 fully saturated rings. The van der Waals surface area contributed by atoms with Gasteiger partial charge in [-0.1, -0.05) is 27.5 Å². The van der Waals surface area contributed by atoms with E-state index in [-0.39, 0.29) is 10.0 Å². The summed E-state index contributed by atoms with van der Waals surface area (Å²) in [7, 11) is 1.63. The van der Waals surface area contributed by atoms with Gasteiger partial charge in [0, 0.05) is 22.2 Å². The quantitative estimate of drug-likeness (QED) is 0.818. The number of carbonyl (C=O) groups excluding carboxylic acids is 1. The van der Waals surface area contributed by atoms with Crippen molar-refractivity contribution in [2.75, 3.05) is 17.7 Å². The van der Waals surface area contributed by atoms with Crippen molar-refractivity contribution in [1.82, 2.24) is 0 Å². The summed E-state index contributed by atoms with van der Waals surface area (Å²) in [4.78, 5) is 12.2. The van der Waals surface area contributed by atoms with Gasteiger partial charge in [0.1, 0.15) is 5.69 Å². The summed E-state index contributed by atoms with van der Waals surface area (Å²) in [5.74, 6) is -2.41. The first-order chi connectivity index (χ1) is 9.92. The predicted octanol–water partition coefficient (Wildman–Crippen LogP) is 4.67. The summed E-state index contributed by atoms with van der Waals surface area (Å²) in [5, 5.41) is 5.37. The highest BCUT2D eigenvalue weighted by Gasteiger charge is 2.17. The Morgan fingerprint density at radius 3 is 2.38 bits per heavy atom. The number of anilines is 2. The molecule has 110 valence electrons. The highest BCUT2D eigenvalue weighted by molar-refractivity contribution is 9.10. The lowest BCUT2D eigenvalue weighted by Gasteiger charge is -2.11. The normalized spacial score (nSPS) is 10.3. The number of hydrogen-bond donors (Lipinski definition) is 2. The molecule has 0 atom stereocenters. The van der Waals surface area contributed by atoms with Crippen molar-refractivity contribution in [3.8, 4) is 0 Å². The third kappa shape index (κ3) is 3.51. The van der Waals surface area contributed by atoms with Crippen molar-refractivity contribution in [1.29, 1.82) is 0 Å².